The third-order valence-electron chi connectivity index (χ3n) is 4.79. The zero-order valence-corrected chi connectivity index (χ0v) is 12.7. The highest BCUT2D eigenvalue weighted by atomic mass is 19.1. The van der Waals surface area contributed by atoms with Crippen molar-refractivity contribution in [3.05, 3.63) is 41.8 Å². The van der Waals surface area contributed by atoms with Crippen LogP contribution in [-0.4, -0.2) is 22.6 Å². The van der Waals surface area contributed by atoms with Crippen LogP contribution in [-0.2, 0) is 4.79 Å². The maximum Gasteiger partial charge on any atom is 0.229 e. The van der Waals surface area contributed by atoms with Crippen LogP contribution in [0.25, 0.3) is 0 Å². The van der Waals surface area contributed by atoms with Crippen molar-refractivity contribution in [2.45, 2.75) is 43.9 Å². The number of halogens is 1. The molecule has 1 saturated heterocycles. The molecule has 6 heteroatoms. The fourth-order valence-corrected chi connectivity index (χ4v) is 3.50. The lowest BCUT2D eigenvalue weighted by Crippen LogP contribution is -2.24. The summed E-state index contributed by atoms with van der Waals surface area (Å²) in [5.74, 6) is 1.34. The molecule has 0 bridgehead atoms. The van der Waals surface area contributed by atoms with E-state index in [4.69, 9.17) is 4.52 Å². The van der Waals surface area contributed by atoms with Crippen LogP contribution in [0.2, 0.25) is 0 Å². The van der Waals surface area contributed by atoms with Crippen molar-refractivity contribution in [2.75, 3.05) is 11.4 Å². The SMILES string of the molecule is O=C1CC(c2noc(C3CCCC3)n2)CN1c1ccc(F)cc1. The maximum atomic E-state index is 13.0. The van der Waals surface area contributed by atoms with Gasteiger partial charge >= 0.3 is 0 Å². The number of anilines is 1. The Morgan fingerprint density at radius 2 is 1.87 bits per heavy atom. The van der Waals surface area contributed by atoms with Crippen LogP contribution in [0.3, 0.4) is 0 Å². The number of carbonyl (C=O) groups is 1. The van der Waals surface area contributed by atoms with Gasteiger partial charge in [-0.3, -0.25) is 4.79 Å². The van der Waals surface area contributed by atoms with Crippen LogP contribution in [0.5, 0.6) is 0 Å². The minimum atomic E-state index is -0.309. The normalized spacial score (nSPS) is 22.2. The summed E-state index contributed by atoms with van der Waals surface area (Å²) in [6, 6.07) is 5.97. The number of rotatable bonds is 3. The highest BCUT2D eigenvalue weighted by Gasteiger charge is 2.35. The van der Waals surface area contributed by atoms with Gasteiger partial charge in [-0.15, -0.1) is 0 Å². The Labute approximate surface area is 133 Å². The van der Waals surface area contributed by atoms with E-state index in [1.807, 2.05) is 0 Å². The second-order valence-corrected chi connectivity index (χ2v) is 6.35. The smallest absolute Gasteiger partial charge is 0.229 e. The van der Waals surface area contributed by atoms with E-state index in [-0.39, 0.29) is 17.6 Å². The van der Waals surface area contributed by atoms with Gasteiger partial charge in [0.1, 0.15) is 5.82 Å². The fraction of sp³-hybridized carbons (Fsp3) is 0.471. The Kier molecular flexibility index (Phi) is 3.59. The molecule has 0 N–H and O–H groups in total. The molecule has 1 saturated carbocycles. The number of amides is 1. The molecule has 1 aliphatic heterocycles. The number of aromatic nitrogens is 2. The Hall–Kier alpha value is -2.24. The second-order valence-electron chi connectivity index (χ2n) is 6.35. The van der Waals surface area contributed by atoms with Crippen molar-refractivity contribution in [3.63, 3.8) is 0 Å². The molecular weight excluding hydrogens is 297 g/mol. The molecule has 1 amide bonds. The molecule has 2 heterocycles. The molecule has 1 aromatic heterocycles. The maximum absolute atomic E-state index is 13.0. The van der Waals surface area contributed by atoms with E-state index < -0.39 is 0 Å². The Morgan fingerprint density at radius 1 is 1.13 bits per heavy atom. The monoisotopic (exact) mass is 315 g/mol. The van der Waals surface area contributed by atoms with E-state index in [1.165, 1.54) is 25.0 Å². The summed E-state index contributed by atoms with van der Waals surface area (Å²) in [6.45, 7) is 0.508. The minimum Gasteiger partial charge on any atom is -0.339 e. The Balaban J connectivity index is 1.50. The molecule has 1 atom stereocenters. The molecule has 0 radical (unpaired) electrons. The van der Waals surface area contributed by atoms with Crippen LogP contribution < -0.4 is 4.90 Å². The first kappa shape index (κ1) is 14.4. The molecule has 23 heavy (non-hydrogen) atoms. The van der Waals surface area contributed by atoms with Gasteiger partial charge in [0, 0.05) is 30.5 Å². The first-order valence-corrected chi connectivity index (χ1v) is 8.10. The van der Waals surface area contributed by atoms with Gasteiger partial charge in [0.25, 0.3) is 0 Å². The highest BCUT2D eigenvalue weighted by molar-refractivity contribution is 5.96. The lowest BCUT2D eigenvalue weighted by Gasteiger charge is -2.15. The molecule has 5 nitrogen and oxygen atoms in total. The molecule has 120 valence electrons. The van der Waals surface area contributed by atoms with Crippen molar-refractivity contribution >= 4 is 11.6 Å². The molecule has 2 aliphatic rings. The summed E-state index contributed by atoms with van der Waals surface area (Å²) in [5.41, 5.74) is 0.707. The first-order chi connectivity index (χ1) is 11.2. The third-order valence-corrected chi connectivity index (χ3v) is 4.79. The fourth-order valence-electron chi connectivity index (χ4n) is 3.50. The van der Waals surface area contributed by atoms with E-state index in [9.17, 15) is 9.18 Å². The lowest BCUT2D eigenvalue weighted by atomic mass is 10.1. The van der Waals surface area contributed by atoms with Gasteiger partial charge in [-0.1, -0.05) is 18.0 Å². The summed E-state index contributed by atoms with van der Waals surface area (Å²) in [5, 5.41) is 4.09. The van der Waals surface area contributed by atoms with E-state index in [0.717, 1.165) is 12.8 Å². The Bertz CT molecular complexity index is 707. The van der Waals surface area contributed by atoms with Crippen LogP contribution in [0.15, 0.2) is 28.8 Å². The van der Waals surface area contributed by atoms with Gasteiger partial charge in [0.2, 0.25) is 11.8 Å². The van der Waals surface area contributed by atoms with Crippen molar-refractivity contribution in [1.29, 1.82) is 0 Å². The Morgan fingerprint density at radius 3 is 2.61 bits per heavy atom. The summed E-state index contributed by atoms with van der Waals surface area (Å²) in [6.07, 6.45) is 4.99. The summed E-state index contributed by atoms with van der Waals surface area (Å²) < 4.78 is 18.4. The second kappa shape index (κ2) is 5.76. The largest absolute Gasteiger partial charge is 0.339 e. The van der Waals surface area contributed by atoms with Crippen LogP contribution in [0.1, 0.15) is 55.7 Å². The van der Waals surface area contributed by atoms with E-state index in [0.29, 0.717) is 36.3 Å². The molecular formula is C17H18FN3O2. The van der Waals surface area contributed by atoms with E-state index in [1.54, 1.807) is 17.0 Å². The third kappa shape index (κ3) is 2.73. The average molecular weight is 315 g/mol. The molecule has 1 aromatic carbocycles. The van der Waals surface area contributed by atoms with Gasteiger partial charge in [0.15, 0.2) is 5.82 Å². The quantitative estimate of drug-likeness (QED) is 0.871. The van der Waals surface area contributed by atoms with Crippen molar-refractivity contribution in [2.24, 2.45) is 0 Å². The van der Waals surface area contributed by atoms with E-state index >= 15 is 0 Å². The zero-order chi connectivity index (χ0) is 15.8. The number of carbonyl (C=O) groups excluding carboxylic acids is 1. The topological polar surface area (TPSA) is 59.2 Å². The lowest BCUT2D eigenvalue weighted by molar-refractivity contribution is -0.117. The minimum absolute atomic E-state index is 0.00817. The number of benzene rings is 1. The first-order valence-electron chi connectivity index (χ1n) is 8.10. The van der Waals surface area contributed by atoms with Crippen LogP contribution in [0.4, 0.5) is 10.1 Å². The van der Waals surface area contributed by atoms with Crippen LogP contribution >= 0.6 is 0 Å². The van der Waals surface area contributed by atoms with Gasteiger partial charge in [-0.2, -0.15) is 4.98 Å². The number of hydrogen-bond acceptors (Lipinski definition) is 4. The van der Waals surface area contributed by atoms with Crippen molar-refractivity contribution in [3.8, 4) is 0 Å². The summed E-state index contributed by atoms with van der Waals surface area (Å²) in [4.78, 5) is 18.4. The molecule has 1 aliphatic carbocycles. The molecule has 1 unspecified atom stereocenters. The summed E-state index contributed by atoms with van der Waals surface area (Å²) >= 11 is 0. The van der Waals surface area contributed by atoms with Gasteiger partial charge in [-0.25, -0.2) is 4.39 Å². The van der Waals surface area contributed by atoms with Gasteiger partial charge in [-0.05, 0) is 37.1 Å². The number of hydrogen-bond donors (Lipinski definition) is 0. The van der Waals surface area contributed by atoms with Crippen LogP contribution in [0, 0.1) is 5.82 Å². The zero-order valence-electron chi connectivity index (χ0n) is 12.7. The average Bonchev–Trinajstić information content (AvgIpc) is 3.27. The molecule has 2 fully saturated rings. The molecule has 4 rings (SSSR count). The van der Waals surface area contributed by atoms with Gasteiger partial charge in [0.05, 0.1) is 0 Å². The summed E-state index contributed by atoms with van der Waals surface area (Å²) in [7, 11) is 0. The predicted molar refractivity (Wildman–Crippen MR) is 81.6 cm³/mol. The highest BCUT2D eigenvalue weighted by Crippen LogP contribution is 2.35. The standard InChI is InChI=1S/C17H18FN3O2/c18-13-5-7-14(8-6-13)21-10-12(9-15(21)22)16-19-17(23-20-16)11-3-1-2-4-11/h5-8,11-12H,1-4,9-10H2. The van der Waals surface area contributed by atoms with Crippen molar-refractivity contribution < 1.29 is 13.7 Å². The van der Waals surface area contributed by atoms with E-state index in [2.05, 4.69) is 10.1 Å². The number of nitrogens with zero attached hydrogens (tertiary/aromatic N) is 3. The van der Waals surface area contributed by atoms with Crippen molar-refractivity contribution in [1.82, 2.24) is 10.1 Å². The van der Waals surface area contributed by atoms with Gasteiger partial charge < -0.3 is 9.42 Å². The molecule has 2 aromatic rings. The molecule has 0 spiro atoms. The predicted octanol–water partition coefficient (Wildman–Crippen LogP) is 3.39.